The molecule has 1 aromatic carbocycles. The molecule has 3 heterocycles. The van der Waals surface area contributed by atoms with Gasteiger partial charge in [0, 0.05) is 25.2 Å². The Morgan fingerprint density at radius 1 is 1.17 bits per heavy atom. The van der Waals surface area contributed by atoms with Gasteiger partial charge in [0.25, 0.3) is 0 Å². The normalized spacial score (nSPS) is 17.4. The lowest BCUT2D eigenvalue weighted by atomic mass is 9.98. The maximum atomic E-state index is 13.0. The molecule has 0 aliphatic carbocycles. The topological polar surface area (TPSA) is 84.6 Å². The summed E-state index contributed by atoms with van der Waals surface area (Å²) in [5.74, 6) is -0.0316. The molecule has 0 saturated carbocycles. The fourth-order valence-electron chi connectivity index (χ4n) is 4.12. The molecule has 3 aromatic rings. The molecule has 1 amide bonds. The van der Waals surface area contributed by atoms with Crippen LogP contribution >= 0.6 is 0 Å². The van der Waals surface area contributed by atoms with Crippen LogP contribution in [0.1, 0.15) is 49.5 Å². The van der Waals surface area contributed by atoms with E-state index in [-0.39, 0.29) is 24.1 Å². The number of amides is 1. The summed E-state index contributed by atoms with van der Waals surface area (Å²) in [4.78, 5) is 19.6. The zero-order valence-electron chi connectivity index (χ0n) is 17.1. The van der Waals surface area contributed by atoms with E-state index in [4.69, 9.17) is 0 Å². The maximum absolute atomic E-state index is 13.0. The summed E-state index contributed by atoms with van der Waals surface area (Å²) in [6.07, 6.45) is 5.15. The largest absolute Gasteiger partial charge is 0.334 e. The first-order valence-corrected chi connectivity index (χ1v) is 12.0. The molecule has 0 spiro atoms. The highest BCUT2D eigenvalue weighted by atomic mass is 32.2. The van der Waals surface area contributed by atoms with E-state index in [1.807, 2.05) is 28.5 Å². The van der Waals surface area contributed by atoms with Gasteiger partial charge in [0.05, 0.1) is 28.1 Å². The van der Waals surface area contributed by atoms with Gasteiger partial charge in [0.2, 0.25) is 5.91 Å². The van der Waals surface area contributed by atoms with Crippen molar-refractivity contribution in [1.82, 2.24) is 19.5 Å². The number of likely N-dealkylation sites (tertiary alicyclic amines) is 1. The van der Waals surface area contributed by atoms with Crippen LogP contribution in [0.15, 0.2) is 53.6 Å². The van der Waals surface area contributed by atoms with Gasteiger partial charge in [-0.05, 0) is 50.8 Å². The predicted octanol–water partition coefficient (Wildman–Crippen LogP) is 3.35. The molecule has 0 bridgehead atoms. The molecule has 1 saturated heterocycles. The van der Waals surface area contributed by atoms with E-state index in [0.29, 0.717) is 17.9 Å². The molecule has 158 valence electrons. The second kappa shape index (κ2) is 8.55. The van der Waals surface area contributed by atoms with E-state index in [0.717, 1.165) is 36.3 Å². The fourth-order valence-corrected chi connectivity index (χ4v) is 5.45. The fraction of sp³-hybridized carbons (Fsp3) is 0.409. The van der Waals surface area contributed by atoms with Crippen molar-refractivity contribution in [3.05, 3.63) is 60.0 Å². The van der Waals surface area contributed by atoms with Gasteiger partial charge in [-0.2, -0.15) is 5.10 Å². The third-order valence-electron chi connectivity index (χ3n) is 5.58. The standard InChI is InChI=1S/C22H26N4O3S/c1-17-16-21-23-13-12-20(26(21)24-17)19-10-5-6-14-25(19)22(27)11-7-15-30(28,29)18-8-3-2-4-9-18/h2-4,8-9,12-13,16,19H,5-7,10-11,14-15H2,1H3/t19-/m0/s1. The molecule has 7 nitrogen and oxygen atoms in total. The Morgan fingerprint density at radius 2 is 1.97 bits per heavy atom. The highest BCUT2D eigenvalue weighted by Gasteiger charge is 2.30. The highest BCUT2D eigenvalue weighted by molar-refractivity contribution is 7.91. The van der Waals surface area contributed by atoms with Gasteiger partial charge in [0.15, 0.2) is 15.5 Å². The van der Waals surface area contributed by atoms with Crippen LogP contribution < -0.4 is 0 Å². The van der Waals surface area contributed by atoms with Crippen molar-refractivity contribution >= 4 is 21.4 Å². The third-order valence-corrected chi connectivity index (χ3v) is 7.40. The number of fused-ring (bicyclic) bond motifs is 1. The summed E-state index contributed by atoms with van der Waals surface area (Å²) in [5, 5.41) is 4.55. The molecule has 1 fully saturated rings. The SMILES string of the molecule is Cc1cc2nccc([C@@H]3CCCCN3C(=O)CCCS(=O)(=O)c3ccccc3)n2n1. The van der Waals surface area contributed by atoms with Gasteiger partial charge >= 0.3 is 0 Å². The monoisotopic (exact) mass is 426 g/mol. The summed E-state index contributed by atoms with van der Waals surface area (Å²) in [6.45, 7) is 2.61. The lowest BCUT2D eigenvalue weighted by Crippen LogP contribution is -2.39. The van der Waals surface area contributed by atoms with Crippen LogP contribution in [-0.4, -0.2) is 46.1 Å². The Morgan fingerprint density at radius 3 is 2.77 bits per heavy atom. The number of nitrogens with zero attached hydrogens (tertiary/aromatic N) is 4. The van der Waals surface area contributed by atoms with Crippen molar-refractivity contribution < 1.29 is 13.2 Å². The number of aryl methyl sites for hydroxylation is 1. The number of aromatic nitrogens is 3. The molecule has 0 unspecified atom stereocenters. The molecule has 0 N–H and O–H groups in total. The second-order valence-electron chi connectivity index (χ2n) is 7.76. The van der Waals surface area contributed by atoms with Gasteiger partial charge in [-0.3, -0.25) is 4.79 Å². The van der Waals surface area contributed by atoms with Crippen molar-refractivity contribution in [2.75, 3.05) is 12.3 Å². The van der Waals surface area contributed by atoms with Crippen molar-refractivity contribution in [3.63, 3.8) is 0 Å². The minimum absolute atomic E-state index is 0.00296. The minimum atomic E-state index is -3.37. The van der Waals surface area contributed by atoms with Gasteiger partial charge < -0.3 is 4.90 Å². The molecule has 30 heavy (non-hydrogen) atoms. The summed E-state index contributed by atoms with van der Waals surface area (Å²) >= 11 is 0. The molecule has 2 aromatic heterocycles. The van der Waals surface area contributed by atoms with Crippen molar-refractivity contribution in [2.24, 2.45) is 0 Å². The molecule has 4 rings (SSSR count). The lowest BCUT2D eigenvalue weighted by Gasteiger charge is -2.36. The molecule has 1 aliphatic heterocycles. The molecular weight excluding hydrogens is 400 g/mol. The Balaban J connectivity index is 1.47. The number of benzene rings is 1. The van der Waals surface area contributed by atoms with Crippen LogP contribution in [0.2, 0.25) is 0 Å². The van der Waals surface area contributed by atoms with E-state index >= 15 is 0 Å². The van der Waals surface area contributed by atoms with E-state index in [1.54, 1.807) is 36.5 Å². The van der Waals surface area contributed by atoms with Crippen LogP contribution in [0.4, 0.5) is 0 Å². The van der Waals surface area contributed by atoms with Crippen LogP contribution in [0.25, 0.3) is 5.65 Å². The average Bonchev–Trinajstić information content (AvgIpc) is 3.14. The van der Waals surface area contributed by atoms with E-state index in [9.17, 15) is 13.2 Å². The Kier molecular flexibility index (Phi) is 5.85. The average molecular weight is 427 g/mol. The predicted molar refractivity (Wildman–Crippen MR) is 114 cm³/mol. The number of hydrogen-bond acceptors (Lipinski definition) is 5. The molecule has 1 atom stereocenters. The quantitative estimate of drug-likeness (QED) is 0.603. The van der Waals surface area contributed by atoms with Crippen LogP contribution in [0.5, 0.6) is 0 Å². The number of carbonyl (C=O) groups excluding carboxylic acids is 1. The van der Waals surface area contributed by atoms with Crippen LogP contribution in [0, 0.1) is 6.92 Å². The third kappa shape index (κ3) is 4.23. The van der Waals surface area contributed by atoms with E-state index in [2.05, 4.69) is 10.1 Å². The number of carbonyl (C=O) groups is 1. The van der Waals surface area contributed by atoms with Gasteiger partial charge in [-0.25, -0.2) is 17.9 Å². The minimum Gasteiger partial charge on any atom is -0.334 e. The summed E-state index contributed by atoms with van der Waals surface area (Å²) < 4.78 is 26.8. The number of sulfone groups is 1. The summed E-state index contributed by atoms with van der Waals surface area (Å²) in [7, 11) is -3.37. The van der Waals surface area contributed by atoms with E-state index < -0.39 is 9.84 Å². The van der Waals surface area contributed by atoms with Crippen LogP contribution in [0.3, 0.4) is 0 Å². The zero-order chi connectivity index (χ0) is 21.1. The van der Waals surface area contributed by atoms with Gasteiger partial charge in [-0.15, -0.1) is 0 Å². The number of hydrogen-bond donors (Lipinski definition) is 0. The summed E-state index contributed by atoms with van der Waals surface area (Å²) in [6, 6.07) is 12.2. The first-order valence-electron chi connectivity index (χ1n) is 10.3. The maximum Gasteiger partial charge on any atom is 0.223 e. The second-order valence-corrected chi connectivity index (χ2v) is 9.87. The molecule has 8 heteroatoms. The highest BCUT2D eigenvalue weighted by Crippen LogP contribution is 2.31. The van der Waals surface area contributed by atoms with Gasteiger partial charge in [-0.1, -0.05) is 18.2 Å². The molecular formula is C22H26N4O3S. The van der Waals surface area contributed by atoms with E-state index in [1.165, 1.54) is 0 Å². The van der Waals surface area contributed by atoms with Crippen molar-refractivity contribution in [2.45, 2.75) is 50.0 Å². The Hall–Kier alpha value is -2.74. The van der Waals surface area contributed by atoms with Crippen LogP contribution in [-0.2, 0) is 14.6 Å². The first kappa shape index (κ1) is 20.5. The smallest absolute Gasteiger partial charge is 0.223 e. The zero-order valence-corrected chi connectivity index (χ0v) is 17.9. The first-order chi connectivity index (χ1) is 14.5. The van der Waals surface area contributed by atoms with Crippen molar-refractivity contribution in [1.29, 1.82) is 0 Å². The molecule has 1 aliphatic rings. The Bertz CT molecular complexity index is 1140. The molecule has 0 radical (unpaired) electrons. The lowest BCUT2D eigenvalue weighted by molar-refractivity contribution is -0.135. The Labute approximate surface area is 176 Å². The number of piperidine rings is 1. The van der Waals surface area contributed by atoms with Gasteiger partial charge in [0.1, 0.15) is 0 Å². The van der Waals surface area contributed by atoms with Crippen molar-refractivity contribution in [3.8, 4) is 0 Å². The number of rotatable bonds is 6. The summed E-state index contributed by atoms with van der Waals surface area (Å²) in [5.41, 5.74) is 2.62.